The zero-order chi connectivity index (χ0) is 15.8. The van der Waals surface area contributed by atoms with E-state index in [1.54, 1.807) is 0 Å². The van der Waals surface area contributed by atoms with Crippen molar-refractivity contribution in [1.82, 2.24) is 14.9 Å². The first-order chi connectivity index (χ1) is 11.2. The molecule has 0 spiro atoms. The van der Waals surface area contributed by atoms with E-state index in [-0.39, 0.29) is 0 Å². The van der Waals surface area contributed by atoms with E-state index in [9.17, 15) is 0 Å². The monoisotopic (exact) mass is 310 g/mol. The van der Waals surface area contributed by atoms with Crippen molar-refractivity contribution in [2.24, 2.45) is 0 Å². The van der Waals surface area contributed by atoms with E-state index in [1.807, 2.05) is 6.33 Å². The summed E-state index contributed by atoms with van der Waals surface area (Å²) in [7, 11) is 0. The molecule has 0 radical (unpaired) electrons. The first-order valence-electron chi connectivity index (χ1n) is 8.78. The number of rotatable bonds is 2. The highest BCUT2D eigenvalue weighted by molar-refractivity contribution is 5.56. The highest BCUT2D eigenvalue weighted by Crippen LogP contribution is 2.28. The van der Waals surface area contributed by atoms with Crippen molar-refractivity contribution >= 4 is 5.69 Å². The van der Waals surface area contributed by atoms with Crippen LogP contribution in [0, 0.1) is 13.8 Å². The van der Waals surface area contributed by atoms with Crippen LogP contribution in [0.1, 0.15) is 35.4 Å². The Morgan fingerprint density at radius 3 is 2.78 bits per heavy atom. The summed E-state index contributed by atoms with van der Waals surface area (Å²) in [6, 6.07) is 7.39. The highest BCUT2D eigenvalue weighted by atomic mass is 15.2. The topological polar surface area (TPSA) is 35.2 Å². The molecule has 2 aromatic rings. The van der Waals surface area contributed by atoms with Gasteiger partial charge in [0.15, 0.2) is 0 Å². The summed E-state index contributed by atoms with van der Waals surface area (Å²) in [5.74, 6) is 0. The number of aryl methyl sites for hydroxylation is 1. The van der Waals surface area contributed by atoms with Crippen molar-refractivity contribution in [3.8, 4) is 0 Å². The van der Waals surface area contributed by atoms with Gasteiger partial charge < -0.3 is 9.88 Å². The standard InChI is InChI=1S/C19H26N4/c1-14-4-3-5-19(15(14)2)22-9-6-16(7-10-22)23-11-8-17-18(12-23)21-13-20-17/h3-5,13,16H,6-12H2,1-2H3,(H,20,21). The molecule has 4 heteroatoms. The van der Waals surface area contributed by atoms with E-state index < -0.39 is 0 Å². The fraction of sp³-hybridized carbons (Fsp3) is 0.526. The maximum Gasteiger partial charge on any atom is 0.0925 e. The zero-order valence-corrected chi connectivity index (χ0v) is 14.2. The van der Waals surface area contributed by atoms with Gasteiger partial charge in [-0.15, -0.1) is 0 Å². The highest BCUT2D eigenvalue weighted by Gasteiger charge is 2.28. The molecule has 122 valence electrons. The number of piperidine rings is 1. The molecule has 1 N–H and O–H groups in total. The molecule has 0 bridgehead atoms. The van der Waals surface area contributed by atoms with Gasteiger partial charge in [0.1, 0.15) is 0 Å². The SMILES string of the molecule is Cc1cccc(N2CCC(N3CCc4nc[nH]c4C3)CC2)c1C. The van der Waals surface area contributed by atoms with Gasteiger partial charge in [-0.05, 0) is 43.9 Å². The van der Waals surface area contributed by atoms with Crippen LogP contribution >= 0.6 is 0 Å². The van der Waals surface area contributed by atoms with Gasteiger partial charge in [0.05, 0.1) is 17.7 Å². The number of nitrogens with zero attached hydrogens (tertiary/aromatic N) is 3. The Morgan fingerprint density at radius 1 is 1.13 bits per heavy atom. The number of hydrogen-bond acceptors (Lipinski definition) is 3. The minimum atomic E-state index is 0.716. The molecule has 0 aliphatic carbocycles. The fourth-order valence-corrected chi connectivity index (χ4v) is 4.10. The lowest BCUT2D eigenvalue weighted by molar-refractivity contribution is 0.151. The molecule has 4 nitrogen and oxygen atoms in total. The molecule has 4 rings (SSSR count). The third-order valence-corrected chi connectivity index (χ3v) is 5.70. The molecule has 1 fully saturated rings. The molecule has 0 unspecified atom stereocenters. The van der Waals surface area contributed by atoms with Crippen LogP contribution in [0.25, 0.3) is 0 Å². The van der Waals surface area contributed by atoms with Crippen molar-refractivity contribution in [2.75, 3.05) is 24.5 Å². The summed E-state index contributed by atoms with van der Waals surface area (Å²) in [6.07, 6.45) is 5.46. The summed E-state index contributed by atoms with van der Waals surface area (Å²) in [4.78, 5) is 13.0. The number of anilines is 1. The second-order valence-corrected chi connectivity index (χ2v) is 6.99. The van der Waals surface area contributed by atoms with Crippen LogP contribution in [0.5, 0.6) is 0 Å². The van der Waals surface area contributed by atoms with Crippen LogP contribution in [-0.4, -0.2) is 40.5 Å². The van der Waals surface area contributed by atoms with Gasteiger partial charge in [-0.3, -0.25) is 4.90 Å². The number of aromatic amines is 1. The summed E-state index contributed by atoms with van der Waals surface area (Å²) in [6.45, 7) is 9.00. The molecule has 1 saturated heterocycles. The van der Waals surface area contributed by atoms with E-state index in [4.69, 9.17) is 0 Å². The molecule has 0 atom stereocenters. The molecule has 0 amide bonds. The molecule has 0 saturated carbocycles. The van der Waals surface area contributed by atoms with Crippen LogP contribution < -0.4 is 4.90 Å². The summed E-state index contributed by atoms with van der Waals surface area (Å²) >= 11 is 0. The van der Waals surface area contributed by atoms with Crippen LogP contribution in [0.3, 0.4) is 0 Å². The average molecular weight is 310 g/mol. The number of aromatic nitrogens is 2. The molecule has 2 aliphatic rings. The minimum absolute atomic E-state index is 0.716. The smallest absolute Gasteiger partial charge is 0.0925 e. The van der Waals surface area contributed by atoms with Crippen LogP contribution in [0.15, 0.2) is 24.5 Å². The Kier molecular flexibility index (Phi) is 3.85. The third kappa shape index (κ3) is 2.76. The first-order valence-corrected chi connectivity index (χ1v) is 8.78. The second-order valence-electron chi connectivity index (χ2n) is 6.99. The Labute approximate surface area is 138 Å². The number of H-pyrrole nitrogens is 1. The largest absolute Gasteiger partial charge is 0.371 e. The number of imidazole rings is 1. The third-order valence-electron chi connectivity index (χ3n) is 5.70. The first kappa shape index (κ1) is 14.8. The average Bonchev–Trinajstić information content (AvgIpc) is 3.05. The summed E-state index contributed by atoms with van der Waals surface area (Å²) < 4.78 is 0. The van der Waals surface area contributed by atoms with Crippen LogP contribution in [-0.2, 0) is 13.0 Å². The molecular formula is C19H26N4. The van der Waals surface area contributed by atoms with Crippen LogP contribution in [0.4, 0.5) is 5.69 Å². The van der Waals surface area contributed by atoms with Crippen molar-refractivity contribution in [1.29, 1.82) is 0 Å². The molecule has 1 aromatic carbocycles. The number of nitrogens with one attached hydrogen (secondary N) is 1. The van der Waals surface area contributed by atoms with Crippen molar-refractivity contribution < 1.29 is 0 Å². The molecule has 23 heavy (non-hydrogen) atoms. The van der Waals surface area contributed by atoms with Crippen molar-refractivity contribution in [3.63, 3.8) is 0 Å². The Hall–Kier alpha value is -1.81. The Balaban J connectivity index is 1.41. The lowest BCUT2D eigenvalue weighted by Crippen LogP contribution is -2.46. The normalized spacial score (nSPS) is 19.8. The van der Waals surface area contributed by atoms with Gasteiger partial charge in [-0.1, -0.05) is 12.1 Å². The molecule has 3 heterocycles. The summed E-state index contributed by atoms with van der Waals surface area (Å²) in [5, 5.41) is 0. The maximum atomic E-state index is 4.42. The minimum Gasteiger partial charge on any atom is -0.371 e. The lowest BCUT2D eigenvalue weighted by Gasteiger charge is -2.41. The van der Waals surface area contributed by atoms with E-state index in [1.165, 1.54) is 54.1 Å². The van der Waals surface area contributed by atoms with Crippen molar-refractivity contribution in [2.45, 2.75) is 45.7 Å². The lowest BCUT2D eigenvalue weighted by atomic mass is 9.98. The van der Waals surface area contributed by atoms with Gasteiger partial charge in [0.25, 0.3) is 0 Å². The summed E-state index contributed by atoms with van der Waals surface area (Å²) in [5.41, 5.74) is 6.86. The Morgan fingerprint density at radius 2 is 1.96 bits per heavy atom. The zero-order valence-electron chi connectivity index (χ0n) is 14.2. The van der Waals surface area contributed by atoms with Gasteiger partial charge in [-0.25, -0.2) is 4.98 Å². The second kappa shape index (κ2) is 6.00. The number of fused-ring (bicyclic) bond motifs is 1. The van der Waals surface area contributed by atoms with E-state index >= 15 is 0 Å². The quantitative estimate of drug-likeness (QED) is 0.926. The predicted molar refractivity (Wildman–Crippen MR) is 93.9 cm³/mol. The van der Waals surface area contributed by atoms with Crippen molar-refractivity contribution in [3.05, 3.63) is 47.0 Å². The maximum absolute atomic E-state index is 4.42. The molecule has 2 aliphatic heterocycles. The van der Waals surface area contributed by atoms with E-state index in [0.717, 1.165) is 19.5 Å². The molecule has 1 aromatic heterocycles. The predicted octanol–water partition coefficient (Wildman–Crippen LogP) is 3.05. The van der Waals surface area contributed by atoms with E-state index in [2.05, 4.69) is 51.8 Å². The number of hydrogen-bond donors (Lipinski definition) is 1. The van der Waals surface area contributed by atoms with Gasteiger partial charge in [-0.2, -0.15) is 0 Å². The van der Waals surface area contributed by atoms with E-state index in [0.29, 0.717) is 6.04 Å². The fourth-order valence-electron chi connectivity index (χ4n) is 4.10. The van der Waals surface area contributed by atoms with Gasteiger partial charge in [0, 0.05) is 44.3 Å². The number of benzene rings is 1. The molecular weight excluding hydrogens is 284 g/mol. The van der Waals surface area contributed by atoms with Gasteiger partial charge in [0.2, 0.25) is 0 Å². The van der Waals surface area contributed by atoms with Crippen LogP contribution in [0.2, 0.25) is 0 Å². The van der Waals surface area contributed by atoms with Gasteiger partial charge >= 0.3 is 0 Å². The Bertz CT molecular complexity index is 682.